The minimum atomic E-state index is -0.527. The lowest BCUT2D eigenvalue weighted by Gasteiger charge is -2.18. The molecule has 0 aliphatic carbocycles. The summed E-state index contributed by atoms with van der Waals surface area (Å²) in [4.78, 5) is 13.5. The molecule has 2 nitrogen and oxygen atoms in total. The fraction of sp³-hybridized carbons (Fsp3) is 0.308. The van der Waals surface area contributed by atoms with E-state index >= 15 is 0 Å². The minimum Gasteiger partial charge on any atom is -0.339 e. The highest BCUT2D eigenvalue weighted by Gasteiger charge is 2.13. The molecule has 1 amide bonds. The van der Waals surface area contributed by atoms with Crippen LogP contribution < -0.4 is 0 Å². The van der Waals surface area contributed by atoms with Crippen LogP contribution in [-0.2, 0) is 0 Å². The van der Waals surface area contributed by atoms with Crippen molar-refractivity contribution < 1.29 is 9.18 Å². The summed E-state index contributed by atoms with van der Waals surface area (Å²) in [5.74, 6) is 1.52. The van der Waals surface area contributed by atoms with E-state index in [4.69, 9.17) is 6.42 Å². The van der Waals surface area contributed by atoms with Gasteiger partial charge in [-0.1, -0.05) is 5.92 Å². The van der Waals surface area contributed by atoms with Gasteiger partial charge in [0.25, 0.3) is 5.91 Å². The van der Waals surface area contributed by atoms with Crippen LogP contribution in [0.4, 0.5) is 4.39 Å². The van der Waals surface area contributed by atoms with Crippen molar-refractivity contribution in [2.24, 2.45) is 0 Å². The zero-order valence-corrected chi connectivity index (χ0v) is 9.46. The van der Waals surface area contributed by atoms with Gasteiger partial charge in [-0.25, -0.2) is 4.39 Å². The van der Waals surface area contributed by atoms with Gasteiger partial charge in [0.05, 0.1) is 5.56 Å². The van der Waals surface area contributed by atoms with E-state index in [1.165, 1.54) is 12.1 Å². The van der Waals surface area contributed by atoms with E-state index in [9.17, 15) is 9.18 Å². The summed E-state index contributed by atoms with van der Waals surface area (Å²) >= 11 is 0. The van der Waals surface area contributed by atoms with Crippen LogP contribution in [0, 0.1) is 18.2 Å². The number of carbonyl (C=O) groups excluding carboxylic acids is 1. The molecule has 0 fully saturated rings. The number of rotatable bonds is 3. The van der Waals surface area contributed by atoms with Crippen LogP contribution in [0.2, 0.25) is 0 Å². The van der Waals surface area contributed by atoms with Crippen LogP contribution in [-0.4, -0.2) is 23.9 Å². The predicted octanol–water partition coefficient (Wildman–Crippen LogP) is 2.29. The van der Waals surface area contributed by atoms with Crippen molar-refractivity contribution in [3.8, 4) is 12.3 Å². The number of carbonyl (C=O) groups is 1. The number of hydrogen-bond acceptors (Lipinski definition) is 1. The van der Waals surface area contributed by atoms with Crippen LogP contribution in [0.1, 0.15) is 29.8 Å². The summed E-state index contributed by atoms with van der Waals surface area (Å²) in [7, 11) is 0. The van der Waals surface area contributed by atoms with Gasteiger partial charge in [-0.3, -0.25) is 4.79 Å². The monoisotopic (exact) mass is 219 g/mol. The third-order valence-electron chi connectivity index (χ3n) is 2.42. The Morgan fingerprint density at radius 2 is 2.06 bits per heavy atom. The van der Waals surface area contributed by atoms with Gasteiger partial charge in [-0.05, 0) is 32.0 Å². The predicted molar refractivity (Wildman–Crippen MR) is 61.6 cm³/mol. The Hall–Kier alpha value is -1.82. The first-order valence-electron chi connectivity index (χ1n) is 5.19. The van der Waals surface area contributed by atoms with Gasteiger partial charge in [0.15, 0.2) is 0 Å². The average Bonchev–Trinajstić information content (AvgIpc) is 2.30. The molecule has 0 radical (unpaired) electrons. The van der Waals surface area contributed by atoms with Crippen LogP contribution in [0.5, 0.6) is 0 Å². The van der Waals surface area contributed by atoms with Crippen LogP contribution in [0.3, 0.4) is 0 Å². The van der Waals surface area contributed by atoms with Crippen LogP contribution in [0.25, 0.3) is 0 Å². The van der Waals surface area contributed by atoms with E-state index in [-0.39, 0.29) is 11.5 Å². The number of terminal acetylenes is 1. The Morgan fingerprint density at radius 3 is 2.50 bits per heavy atom. The molecule has 1 rings (SSSR count). The van der Waals surface area contributed by atoms with Crippen molar-refractivity contribution in [1.29, 1.82) is 0 Å². The van der Waals surface area contributed by atoms with Crippen molar-refractivity contribution in [3.63, 3.8) is 0 Å². The van der Waals surface area contributed by atoms with Crippen molar-refractivity contribution >= 4 is 5.91 Å². The molecule has 0 spiro atoms. The molecule has 84 valence electrons. The van der Waals surface area contributed by atoms with Crippen LogP contribution in [0.15, 0.2) is 18.2 Å². The number of benzene rings is 1. The maximum Gasteiger partial charge on any atom is 0.253 e. The average molecular weight is 219 g/mol. The molecular formula is C13H14FNO. The SMILES string of the molecule is C#Cc1ccc(C(=O)N(CC)CC)cc1F. The maximum absolute atomic E-state index is 13.4. The Kier molecular flexibility index (Phi) is 4.07. The molecule has 0 aliphatic rings. The van der Waals surface area contributed by atoms with Gasteiger partial charge in [-0.15, -0.1) is 6.42 Å². The topological polar surface area (TPSA) is 20.3 Å². The third-order valence-corrected chi connectivity index (χ3v) is 2.42. The second kappa shape index (κ2) is 5.32. The minimum absolute atomic E-state index is 0.174. The van der Waals surface area contributed by atoms with Crippen molar-refractivity contribution in [2.45, 2.75) is 13.8 Å². The maximum atomic E-state index is 13.4. The smallest absolute Gasteiger partial charge is 0.253 e. The molecule has 3 heteroatoms. The molecule has 1 aromatic carbocycles. The zero-order chi connectivity index (χ0) is 12.1. The highest BCUT2D eigenvalue weighted by atomic mass is 19.1. The molecular weight excluding hydrogens is 205 g/mol. The molecule has 0 atom stereocenters. The molecule has 0 saturated heterocycles. The van der Waals surface area contributed by atoms with E-state index in [1.807, 2.05) is 13.8 Å². The van der Waals surface area contributed by atoms with E-state index in [1.54, 1.807) is 11.0 Å². The fourth-order valence-corrected chi connectivity index (χ4v) is 1.46. The molecule has 0 unspecified atom stereocenters. The van der Waals surface area contributed by atoms with Crippen molar-refractivity contribution in [2.75, 3.05) is 13.1 Å². The Labute approximate surface area is 95.1 Å². The first-order chi connectivity index (χ1) is 7.63. The molecule has 0 saturated carbocycles. The van der Waals surface area contributed by atoms with E-state index in [2.05, 4.69) is 5.92 Å². The molecule has 0 bridgehead atoms. The third kappa shape index (κ3) is 2.40. The van der Waals surface area contributed by atoms with Crippen molar-refractivity contribution in [1.82, 2.24) is 4.90 Å². The van der Waals surface area contributed by atoms with Gasteiger partial charge >= 0.3 is 0 Å². The van der Waals surface area contributed by atoms with Crippen molar-refractivity contribution in [3.05, 3.63) is 35.1 Å². The van der Waals surface area contributed by atoms with Gasteiger partial charge in [0.2, 0.25) is 0 Å². The molecule has 1 aromatic rings. The van der Waals surface area contributed by atoms with Gasteiger partial charge in [-0.2, -0.15) is 0 Å². The summed E-state index contributed by atoms with van der Waals surface area (Å²) in [6.07, 6.45) is 5.10. The quantitative estimate of drug-likeness (QED) is 0.714. The Morgan fingerprint density at radius 1 is 1.44 bits per heavy atom. The number of hydrogen-bond donors (Lipinski definition) is 0. The Bertz CT molecular complexity index is 430. The molecule has 0 aliphatic heterocycles. The second-order valence-corrected chi connectivity index (χ2v) is 3.32. The Balaban J connectivity index is 3.02. The lowest BCUT2D eigenvalue weighted by Crippen LogP contribution is -2.30. The van der Waals surface area contributed by atoms with Crippen LogP contribution >= 0.6 is 0 Å². The number of amides is 1. The fourth-order valence-electron chi connectivity index (χ4n) is 1.46. The summed E-state index contributed by atoms with van der Waals surface area (Å²) < 4.78 is 13.4. The highest BCUT2D eigenvalue weighted by Crippen LogP contribution is 2.11. The van der Waals surface area contributed by atoms with E-state index in [0.29, 0.717) is 18.7 Å². The normalized spacial score (nSPS) is 9.62. The van der Waals surface area contributed by atoms with Gasteiger partial charge < -0.3 is 4.90 Å². The summed E-state index contributed by atoms with van der Waals surface area (Å²) in [5, 5.41) is 0. The summed E-state index contributed by atoms with van der Waals surface area (Å²) in [6, 6.07) is 4.20. The first-order valence-corrected chi connectivity index (χ1v) is 5.19. The summed E-state index contributed by atoms with van der Waals surface area (Å²) in [6.45, 7) is 4.98. The first kappa shape index (κ1) is 12.3. The standard InChI is InChI=1S/C13H14FNO/c1-4-10-7-8-11(9-12(10)14)13(16)15(5-2)6-3/h1,7-9H,5-6H2,2-3H3. The number of nitrogens with zero attached hydrogens (tertiary/aromatic N) is 1. The zero-order valence-electron chi connectivity index (χ0n) is 9.46. The van der Waals surface area contributed by atoms with E-state index < -0.39 is 5.82 Å². The highest BCUT2D eigenvalue weighted by molar-refractivity contribution is 5.94. The largest absolute Gasteiger partial charge is 0.339 e. The number of halogens is 1. The lowest BCUT2D eigenvalue weighted by atomic mass is 10.1. The molecule has 0 N–H and O–H groups in total. The lowest BCUT2D eigenvalue weighted by molar-refractivity contribution is 0.0772. The molecule has 16 heavy (non-hydrogen) atoms. The second-order valence-electron chi connectivity index (χ2n) is 3.32. The molecule has 0 aromatic heterocycles. The van der Waals surface area contributed by atoms with Gasteiger partial charge in [0, 0.05) is 18.7 Å². The van der Waals surface area contributed by atoms with E-state index in [0.717, 1.165) is 0 Å². The van der Waals surface area contributed by atoms with Gasteiger partial charge in [0.1, 0.15) is 5.82 Å². The molecule has 0 heterocycles. The summed E-state index contributed by atoms with van der Waals surface area (Å²) in [5.41, 5.74) is 0.510.